The average molecular weight is 380 g/mol. The highest BCUT2D eigenvalue weighted by atomic mass is 16.5. The summed E-state index contributed by atoms with van der Waals surface area (Å²) < 4.78 is 10.5. The Morgan fingerprint density at radius 3 is 1.79 bits per heavy atom. The molecule has 2 N–H and O–H groups in total. The summed E-state index contributed by atoms with van der Waals surface area (Å²) in [6, 6.07) is 15.9. The first-order valence-electron chi connectivity index (χ1n) is 9.37. The first-order valence-corrected chi connectivity index (χ1v) is 9.37. The maximum Gasteiger partial charge on any atom is 0.118 e. The third-order valence-electron chi connectivity index (χ3n) is 4.43. The van der Waals surface area contributed by atoms with Gasteiger partial charge >= 0.3 is 0 Å². The molecule has 0 saturated heterocycles. The number of benzene rings is 2. The van der Waals surface area contributed by atoms with E-state index >= 15 is 0 Å². The summed E-state index contributed by atoms with van der Waals surface area (Å²) in [6.07, 6.45) is 2.38. The zero-order valence-electron chi connectivity index (χ0n) is 16.6. The van der Waals surface area contributed by atoms with Crippen molar-refractivity contribution in [2.75, 3.05) is 27.4 Å². The van der Waals surface area contributed by atoms with Crippen molar-refractivity contribution in [3.8, 4) is 23.3 Å². The van der Waals surface area contributed by atoms with Gasteiger partial charge in [0.1, 0.15) is 11.5 Å². The van der Waals surface area contributed by atoms with Gasteiger partial charge in [0.2, 0.25) is 0 Å². The van der Waals surface area contributed by atoms with E-state index in [4.69, 9.17) is 14.6 Å². The molecule has 0 bridgehead atoms. The predicted molar refractivity (Wildman–Crippen MR) is 112 cm³/mol. The van der Waals surface area contributed by atoms with Crippen LogP contribution in [0.5, 0.6) is 11.5 Å². The molecule has 0 atom stereocenters. The fraction of sp³-hybridized carbons (Fsp3) is 0.333. The third kappa shape index (κ3) is 6.77. The molecule has 2 aromatic carbocycles. The van der Waals surface area contributed by atoms with E-state index in [1.807, 2.05) is 48.5 Å². The Balaban J connectivity index is 2.33. The summed E-state index contributed by atoms with van der Waals surface area (Å²) in [5.74, 6) is 7.90. The van der Waals surface area contributed by atoms with Crippen LogP contribution in [0.1, 0.15) is 24.0 Å². The van der Waals surface area contributed by atoms with Crippen LogP contribution >= 0.6 is 0 Å². The number of hydrogen-bond acceptors (Lipinski definition) is 4. The standard InChI is InChI=1S/C24H28O4/c1-27-23-10-6-19(7-11-23)17-21(5-3-4-15-25)22(14-16-26)18-20-8-12-24(28-2)13-9-20/h6-13,25-26H,4,14-18H2,1-2H3/b22-21+. The van der Waals surface area contributed by atoms with Gasteiger partial charge in [-0.05, 0) is 48.2 Å². The third-order valence-corrected chi connectivity index (χ3v) is 4.43. The molecular weight excluding hydrogens is 352 g/mol. The van der Waals surface area contributed by atoms with Crippen LogP contribution in [-0.4, -0.2) is 37.6 Å². The lowest BCUT2D eigenvalue weighted by Crippen LogP contribution is -2.02. The SMILES string of the molecule is COc1ccc(C/C(C#CCCO)=C(\CCO)Cc2ccc(OC)cc2)cc1. The Labute approximate surface area is 167 Å². The van der Waals surface area contributed by atoms with Gasteiger partial charge in [0.15, 0.2) is 0 Å². The highest BCUT2D eigenvalue weighted by Gasteiger charge is 2.09. The van der Waals surface area contributed by atoms with E-state index in [0.717, 1.165) is 33.8 Å². The summed E-state index contributed by atoms with van der Waals surface area (Å²) >= 11 is 0. The van der Waals surface area contributed by atoms with Crippen molar-refractivity contribution >= 4 is 0 Å². The van der Waals surface area contributed by atoms with Crippen LogP contribution in [0.25, 0.3) is 0 Å². The topological polar surface area (TPSA) is 58.9 Å². The van der Waals surface area contributed by atoms with E-state index in [-0.39, 0.29) is 13.2 Å². The second-order valence-corrected chi connectivity index (χ2v) is 6.38. The number of allylic oxidation sites excluding steroid dienone is 1. The molecule has 0 fully saturated rings. The van der Waals surface area contributed by atoms with Crippen molar-refractivity contribution in [2.24, 2.45) is 0 Å². The van der Waals surface area contributed by atoms with E-state index in [2.05, 4.69) is 11.8 Å². The quantitative estimate of drug-likeness (QED) is 0.653. The van der Waals surface area contributed by atoms with Gasteiger partial charge < -0.3 is 19.7 Å². The Morgan fingerprint density at radius 1 is 0.786 bits per heavy atom. The molecule has 0 radical (unpaired) electrons. The van der Waals surface area contributed by atoms with E-state index < -0.39 is 0 Å². The molecule has 0 aromatic heterocycles. The van der Waals surface area contributed by atoms with Crippen molar-refractivity contribution < 1.29 is 19.7 Å². The van der Waals surface area contributed by atoms with E-state index in [9.17, 15) is 5.11 Å². The van der Waals surface area contributed by atoms with Crippen LogP contribution < -0.4 is 9.47 Å². The zero-order chi connectivity index (χ0) is 20.2. The Hall–Kier alpha value is -2.74. The number of hydrogen-bond donors (Lipinski definition) is 2. The lowest BCUT2D eigenvalue weighted by Gasteiger charge is -2.12. The highest BCUT2D eigenvalue weighted by Crippen LogP contribution is 2.22. The largest absolute Gasteiger partial charge is 0.497 e. The lowest BCUT2D eigenvalue weighted by atomic mass is 9.93. The maximum atomic E-state index is 9.59. The minimum Gasteiger partial charge on any atom is -0.497 e. The predicted octanol–water partition coefficient (Wildman–Crippen LogP) is 3.55. The Morgan fingerprint density at radius 2 is 1.32 bits per heavy atom. The molecule has 4 heteroatoms. The maximum absolute atomic E-state index is 9.59. The van der Waals surface area contributed by atoms with Crippen molar-refractivity contribution in [3.63, 3.8) is 0 Å². The van der Waals surface area contributed by atoms with Crippen molar-refractivity contribution in [1.29, 1.82) is 0 Å². The number of aliphatic hydroxyl groups excluding tert-OH is 2. The molecule has 0 heterocycles. The van der Waals surface area contributed by atoms with Gasteiger partial charge in [-0.15, -0.1) is 0 Å². The summed E-state index contributed by atoms with van der Waals surface area (Å²) in [7, 11) is 3.30. The van der Waals surface area contributed by atoms with Crippen LogP contribution in [-0.2, 0) is 12.8 Å². The summed E-state index contributed by atoms with van der Waals surface area (Å²) in [6.45, 7) is 0.107. The fourth-order valence-corrected chi connectivity index (χ4v) is 2.90. The molecule has 2 aromatic rings. The molecule has 0 spiro atoms. The van der Waals surface area contributed by atoms with Crippen LogP contribution in [0.4, 0.5) is 0 Å². The number of methoxy groups -OCH3 is 2. The van der Waals surface area contributed by atoms with E-state index in [1.165, 1.54) is 0 Å². The molecule has 0 aliphatic rings. The summed E-state index contributed by atoms with van der Waals surface area (Å²) in [5.41, 5.74) is 4.36. The van der Waals surface area contributed by atoms with Gasteiger partial charge in [-0.2, -0.15) is 0 Å². The number of rotatable bonds is 9. The molecule has 0 aliphatic carbocycles. The van der Waals surface area contributed by atoms with Gasteiger partial charge in [-0.1, -0.05) is 41.7 Å². The van der Waals surface area contributed by atoms with Crippen LogP contribution in [0.15, 0.2) is 59.7 Å². The summed E-state index contributed by atoms with van der Waals surface area (Å²) in [5, 5.41) is 18.7. The van der Waals surface area contributed by atoms with Crippen molar-refractivity contribution in [1.82, 2.24) is 0 Å². The molecule has 0 amide bonds. The van der Waals surface area contributed by atoms with E-state index in [0.29, 0.717) is 25.7 Å². The first-order chi connectivity index (χ1) is 13.7. The van der Waals surface area contributed by atoms with Crippen LogP contribution in [0, 0.1) is 11.8 Å². The van der Waals surface area contributed by atoms with Gasteiger partial charge in [0.25, 0.3) is 0 Å². The van der Waals surface area contributed by atoms with E-state index in [1.54, 1.807) is 14.2 Å². The molecule has 148 valence electrons. The number of ether oxygens (including phenoxy) is 2. The molecule has 28 heavy (non-hydrogen) atoms. The summed E-state index contributed by atoms with van der Waals surface area (Å²) in [4.78, 5) is 0. The second kappa shape index (κ2) is 11.9. The molecule has 0 aliphatic heterocycles. The fourth-order valence-electron chi connectivity index (χ4n) is 2.90. The first kappa shape index (κ1) is 21.6. The van der Waals surface area contributed by atoms with Gasteiger partial charge in [0, 0.05) is 25.0 Å². The Bertz CT molecular complexity index is 808. The minimum atomic E-state index is 0.0383. The number of aliphatic hydroxyl groups is 2. The zero-order valence-corrected chi connectivity index (χ0v) is 16.6. The van der Waals surface area contributed by atoms with Gasteiger partial charge in [-0.3, -0.25) is 0 Å². The minimum absolute atomic E-state index is 0.0383. The molecule has 0 unspecified atom stereocenters. The van der Waals surface area contributed by atoms with Crippen LogP contribution in [0.2, 0.25) is 0 Å². The molecule has 0 saturated carbocycles. The average Bonchev–Trinajstić information content (AvgIpc) is 2.74. The lowest BCUT2D eigenvalue weighted by molar-refractivity contribution is 0.298. The monoisotopic (exact) mass is 380 g/mol. The van der Waals surface area contributed by atoms with Gasteiger partial charge in [0.05, 0.1) is 20.8 Å². The second-order valence-electron chi connectivity index (χ2n) is 6.38. The molecule has 4 nitrogen and oxygen atoms in total. The van der Waals surface area contributed by atoms with Crippen molar-refractivity contribution in [3.05, 3.63) is 70.8 Å². The highest BCUT2D eigenvalue weighted by molar-refractivity contribution is 5.42. The van der Waals surface area contributed by atoms with Crippen molar-refractivity contribution in [2.45, 2.75) is 25.7 Å². The normalized spacial score (nSPS) is 11.3. The molecule has 2 rings (SSSR count). The van der Waals surface area contributed by atoms with Crippen LogP contribution in [0.3, 0.4) is 0 Å². The molecular formula is C24H28O4. The Kier molecular flexibility index (Phi) is 9.14. The van der Waals surface area contributed by atoms with Gasteiger partial charge in [-0.25, -0.2) is 0 Å². The smallest absolute Gasteiger partial charge is 0.118 e.